The fraction of sp³-hybridized carbons (Fsp3) is 0.348. The monoisotopic (exact) mass is 378 g/mol. The molecule has 0 unspecified atom stereocenters. The minimum absolute atomic E-state index is 0.0382. The van der Waals surface area contributed by atoms with Gasteiger partial charge in [0.05, 0.1) is 0 Å². The molecular weight excluding hydrogens is 352 g/mol. The van der Waals surface area contributed by atoms with Gasteiger partial charge in [-0.25, -0.2) is 0 Å². The third-order valence-electron chi connectivity index (χ3n) is 5.37. The molecule has 1 aliphatic rings. The number of aryl methyl sites for hydroxylation is 2. The normalized spacial score (nSPS) is 15.0. The first-order chi connectivity index (χ1) is 13.6. The van der Waals surface area contributed by atoms with Crippen LogP contribution in [-0.4, -0.2) is 28.5 Å². The quantitative estimate of drug-likeness (QED) is 0.643. The molecule has 2 aromatic heterocycles. The van der Waals surface area contributed by atoms with E-state index in [4.69, 9.17) is 9.15 Å². The highest BCUT2D eigenvalue weighted by Crippen LogP contribution is 2.25. The van der Waals surface area contributed by atoms with Crippen molar-refractivity contribution >= 4 is 5.91 Å². The zero-order valence-corrected chi connectivity index (χ0v) is 16.4. The van der Waals surface area contributed by atoms with E-state index in [0.29, 0.717) is 24.2 Å². The number of rotatable bonds is 5. The Morgan fingerprint density at radius 2 is 1.86 bits per heavy atom. The average molecular weight is 378 g/mol. The van der Waals surface area contributed by atoms with Crippen LogP contribution in [0.15, 0.2) is 59.3 Å². The second-order valence-corrected chi connectivity index (χ2v) is 7.48. The molecule has 28 heavy (non-hydrogen) atoms. The first-order valence-electron chi connectivity index (χ1n) is 9.80. The van der Waals surface area contributed by atoms with Crippen LogP contribution in [0.3, 0.4) is 0 Å². The molecule has 1 aromatic carbocycles. The van der Waals surface area contributed by atoms with Gasteiger partial charge >= 0.3 is 0 Å². The number of hydrogen-bond donors (Lipinski definition) is 0. The molecule has 1 saturated heterocycles. The van der Waals surface area contributed by atoms with Crippen LogP contribution >= 0.6 is 0 Å². The Kier molecular flexibility index (Phi) is 5.24. The Morgan fingerprint density at radius 1 is 1.11 bits per heavy atom. The van der Waals surface area contributed by atoms with Crippen molar-refractivity contribution in [1.29, 1.82) is 0 Å². The molecule has 1 fully saturated rings. The zero-order chi connectivity index (χ0) is 19.5. The van der Waals surface area contributed by atoms with Gasteiger partial charge in [0.1, 0.15) is 18.1 Å². The fourth-order valence-electron chi connectivity index (χ4n) is 3.79. The molecule has 0 atom stereocenters. The first-order valence-corrected chi connectivity index (χ1v) is 9.80. The number of ether oxygens (including phenoxy) is 1. The molecule has 1 amide bonds. The first kappa shape index (κ1) is 18.4. The maximum atomic E-state index is 12.8. The van der Waals surface area contributed by atoms with E-state index in [1.807, 2.05) is 42.2 Å². The van der Waals surface area contributed by atoms with Crippen LogP contribution < -0.4 is 4.74 Å². The maximum absolute atomic E-state index is 12.8. The SMILES string of the molecule is Cc1ccc(OCc2ccc(C(=O)N3CCC(n4cccc4)CC3)o2)c(C)c1. The number of piperidine rings is 1. The number of likely N-dealkylation sites (tertiary alicyclic amines) is 1. The van der Waals surface area contributed by atoms with Gasteiger partial charge in [-0.3, -0.25) is 4.79 Å². The highest BCUT2D eigenvalue weighted by atomic mass is 16.5. The van der Waals surface area contributed by atoms with Gasteiger partial charge in [-0.1, -0.05) is 17.7 Å². The molecular formula is C23H26N2O3. The Balaban J connectivity index is 1.33. The Labute approximate surface area is 165 Å². The molecule has 5 nitrogen and oxygen atoms in total. The van der Waals surface area contributed by atoms with Gasteiger partial charge in [-0.05, 0) is 62.6 Å². The number of furan rings is 1. The van der Waals surface area contributed by atoms with Crippen molar-refractivity contribution < 1.29 is 13.9 Å². The van der Waals surface area contributed by atoms with Crippen LogP contribution in [0.25, 0.3) is 0 Å². The van der Waals surface area contributed by atoms with E-state index in [1.54, 1.807) is 6.07 Å². The minimum Gasteiger partial charge on any atom is -0.485 e. The lowest BCUT2D eigenvalue weighted by molar-refractivity contribution is 0.0658. The lowest BCUT2D eigenvalue weighted by Crippen LogP contribution is -2.38. The number of hydrogen-bond acceptors (Lipinski definition) is 3. The molecule has 0 saturated carbocycles. The van der Waals surface area contributed by atoms with Crippen molar-refractivity contribution in [3.63, 3.8) is 0 Å². The lowest BCUT2D eigenvalue weighted by Gasteiger charge is -2.32. The summed E-state index contributed by atoms with van der Waals surface area (Å²) in [6.07, 6.45) is 6.11. The number of benzene rings is 1. The summed E-state index contributed by atoms with van der Waals surface area (Å²) in [5.74, 6) is 1.84. The second-order valence-electron chi connectivity index (χ2n) is 7.48. The zero-order valence-electron chi connectivity index (χ0n) is 16.4. The molecule has 1 aliphatic heterocycles. The van der Waals surface area contributed by atoms with Gasteiger partial charge in [0, 0.05) is 31.5 Å². The van der Waals surface area contributed by atoms with Crippen molar-refractivity contribution in [2.45, 2.75) is 39.3 Å². The van der Waals surface area contributed by atoms with Gasteiger partial charge in [-0.2, -0.15) is 0 Å². The highest BCUT2D eigenvalue weighted by Gasteiger charge is 2.26. The maximum Gasteiger partial charge on any atom is 0.289 e. The van der Waals surface area contributed by atoms with Gasteiger partial charge in [0.25, 0.3) is 5.91 Å². The van der Waals surface area contributed by atoms with E-state index >= 15 is 0 Å². The fourth-order valence-corrected chi connectivity index (χ4v) is 3.79. The van der Waals surface area contributed by atoms with Gasteiger partial charge in [0.2, 0.25) is 0 Å². The summed E-state index contributed by atoms with van der Waals surface area (Å²) in [5.41, 5.74) is 2.30. The molecule has 146 valence electrons. The predicted octanol–water partition coefficient (Wildman–Crippen LogP) is 4.75. The van der Waals surface area contributed by atoms with Crippen LogP contribution in [0.1, 0.15) is 46.3 Å². The second kappa shape index (κ2) is 7.97. The highest BCUT2D eigenvalue weighted by molar-refractivity contribution is 5.91. The summed E-state index contributed by atoms with van der Waals surface area (Å²) >= 11 is 0. The predicted molar refractivity (Wildman–Crippen MR) is 108 cm³/mol. The van der Waals surface area contributed by atoms with Crippen LogP contribution in [0.5, 0.6) is 5.75 Å². The summed E-state index contributed by atoms with van der Waals surface area (Å²) in [6, 6.07) is 14.2. The Morgan fingerprint density at radius 3 is 2.57 bits per heavy atom. The van der Waals surface area contributed by atoms with E-state index in [2.05, 4.69) is 30.0 Å². The van der Waals surface area contributed by atoms with Crippen molar-refractivity contribution in [2.75, 3.05) is 13.1 Å². The van der Waals surface area contributed by atoms with E-state index in [1.165, 1.54) is 5.56 Å². The molecule has 0 bridgehead atoms. The van der Waals surface area contributed by atoms with E-state index < -0.39 is 0 Å². The third kappa shape index (κ3) is 3.98. The molecule has 0 N–H and O–H groups in total. The Bertz CT molecular complexity index is 935. The molecule has 0 spiro atoms. The summed E-state index contributed by atoms with van der Waals surface area (Å²) in [5, 5.41) is 0. The van der Waals surface area contributed by atoms with Crippen molar-refractivity contribution in [1.82, 2.24) is 9.47 Å². The van der Waals surface area contributed by atoms with Crippen molar-refractivity contribution in [3.8, 4) is 5.75 Å². The van der Waals surface area contributed by atoms with E-state index in [9.17, 15) is 4.79 Å². The largest absolute Gasteiger partial charge is 0.485 e. The van der Waals surface area contributed by atoms with Crippen LogP contribution in [-0.2, 0) is 6.61 Å². The molecule has 3 heterocycles. The van der Waals surface area contributed by atoms with Crippen LogP contribution in [0.4, 0.5) is 0 Å². The smallest absolute Gasteiger partial charge is 0.289 e. The Hall–Kier alpha value is -2.95. The third-order valence-corrected chi connectivity index (χ3v) is 5.37. The van der Waals surface area contributed by atoms with E-state index in [-0.39, 0.29) is 5.91 Å². The van der Waals surface area contributed by atoms with Crippen LogP contribution in [0.2, 0.25) is 0 Å². The number of aromatic nitrogens is 1. The van der Waals surface area contributed by atoms with Crippen molar-refractivity contribution in [3.05, 3.63) is 77.5 Å². The summed E-state index contributed by atoms with van der Waals surface area (Å²) in [7, 11) is 0. The molecule has 0 radical (unpaired) electrons. The van der Waals surface area contributed by atoms with E-state index in [0.717, 1.165) is 37.2 Å². The summed E-state index contributed by atoms with van der Waals surface area (Å²) in [4.78, 5) is 14.6. The molecule has 5 heteroatoms. The molecule has 3 aromatic rings. The van der Waals surface area contributed by atoms with Gasteiger partial charge in [0.15, 0.2) is 5.76 Å². The summed E-state index contributed by atoms with van der Waals surface area (Å²) in [6.45, 7) is 5.89. The number of carbonyl (C=O) groups is 1. The minimum atomic E-state index is -0.0382. The van der Waals surface area contributed by atoms with Crippen LogP contribution in [0, 0.1) is 13.8 Å². The summed E-state index contributed by atoms with van der Waals surface area (Å²) < 4.78 is 13.8. The number of amides is 1. The lowest BCUT2D eigenvalue weighted by atomic mass is 10.0. The van der Waals surface area contributed by atoms with Gasteiger partial charge in [-0.15, -0.1) is 0 Å². The average Bonchev–Trinajstić information content (AvgIpc) is 3.39. The number of carbonyl (C=O) groups excluding carboxylic acids is 1. The molecule has 0 aliphatic carbocycles. The molecule has 4 rings (SSSR count). The standard InChI is InChI=1S/C23H26N2O3/c1-17-5-7-21(18(2)15-17)27-16-20-6-8-22(28-20)23(26)25-13-9-19(10-14-25)24-11-3-4-12-24/h3-8,11-12,15,19H,9-10,13-14,16H2,1-2H3. The van der Waals surface area contributed by atoms with Crippen molar-refractivity contribution in [2.24, 2.45) is 0 Å². The topological polar surface area (TPSA) is 47.6 Å². The van der Waals surface area contributed by atoms with Gasteiger partial charge < -0.3 is 18.6 Å². The number of nitrogens with zero attached hydrogens (tertiary/aromatic N) is 2.